The summed E-state index contributed by atoms with van der Waals surface area (Å²) in [6.07, 6.45) is 0. The predicted molar refractivity (Wildman–Crippen MR) is 89.6 cm³/mol. The largest absolute Gasteiger partial charge is 0.490 e. The molecule has 2 rings (SSSR count). The van der Waals surface area contributed by atoms with Crippen LogP contribution >= 0.6 is 11.6 Å². The molecule has 5 nitrogen and oxygen atoms in total. The van der Waals surface area contributed by atoms with Crippen molar-refractivity contribution in [2.75, 3.05) is 13.2 Å². The Morgan fingerprint density at radius 1 is 1.21 bits per heavy atom. The van der Waals surface area contributed by atoms with Crippen LogP contribution in [-0.4, -0.2) is 19.2 Å². The van der Waals surface area contributed by atoms with E-state index in [4.69, 9.17) is 31.1 Å². The molecule has 2 aromatic rings. The van der Waals surface area contributed by atoms with Gasteiger partial charge in [-0.2, -0.15) is 5.26 Å². The molecule has 0 fully saturated rings. The fourth-order valence-electron chi connectivity index (χ4n) is 1.99. The van der Waals surface area contributed by atoms with Gasteiger partial charge in [-0.05, 0) is 31.5 Å². The van der Waals surface area contributed by atoms with E-state index in [1.807, 2.05) is 31.2 Å². The second kappa shape index (κ2) is 8.23. The number of hydrogen-bond donors (Lipinski definition) is 0. The van der Waals surface area contributed by atoms with Gasteiger partial charge in [0.15, 0.2) is 18.1 Å². The Balaban J connectivity index is 2.11. The molecule has 0 aromatic heterocycles. The van der Waals surface area contributed by atoms with Gasteiger partial charge in [-0.1, -0.05) is 29.8 Å². The van der Waals surface area contributed by atoms with Gasteiger partial charge in [0.2, 0.25) is 0 Å². The summed E-state index contributed by atoms with van der Waals surface area (Å²) in [6, 6.07) is 12.2. The number of ether oxygens (including phenoxy) is 3. The summed E-state index contributed by atoms with van der Waals surface area (Å²) >= 11 is 6.09. The number of carbonyl (C=O) groups excluding carboxylic acids is 1. The van der Waals surface area contributed by atoms with E-state index in [0.29, 0.717) is 17.9 Å². The Hall–Kier alpha value is -2.71. The van der Waals surface area contributed by atoms with E-state index < -0.39 is 5.97 Å². The van der Waals surface area contributed by atoms with E-state index in [-0.39, 0.29) is 23.1 Å². The van der Waals surface area contributed by atoms with Crippen LogP contribution in [0.2, 0.25) is 5.02 Å². The highest BCUT2D eigenvalue weighted by molar-refractivity contribution is 6.32. The van der Waals surface area contributed by atoms with Crippen LogP contribution in [0.5, 0.6) is 17.2 Å². The SMILES string of the molecule is CCOc1cc(C#N)cc(Cl)c1OC(=O)COc1ccccc1C. The highest BCUT2D eigenvalue weighted by atomic mass is 35.5. The average molecular weight is 346 g/mol. The first kappa shape index (κ1) is 17.6. The number of rotatable bonds is 6. The summed E-state index contributed by atoms with van der Waals surface area (Å²) in [7, 11) is 0. The maximum atomic E-state index is 12.0. The number of hydrogen-bond acceptors (Lipinski definition) is 5. The smallest absolute Gasteiger partial charge is 0.349 e. The van der Waals surface area contributed by atoms with Crippen LogP contribution in [0.15, 0.2) is 36.4 Å². The molecule has 0 atom stereocenters. The van der Waals surface area contributed by atoms with Gasteiger partial charge in [-0.3, -0.25) is 0 Å². The monoisotopic (exact) mass is 345 g/mol. The zero-order chi connectivity index (χ0) is 17.5. The third kappa shape index (κ3) is 4.40. The number of para-hydroxylation sites is 1. The summed E-state index contributed by atoms with van der Waals surface area (Å²) in [5, 5.41) is 9.10. The first-order chi connectivity index (χ1) is 11.5. The van der Waals surface area contributed by atoms with Gasteiger partial charge >= 0.3 is 5.97 Å². The van der Waals surface area contributed by atoms with Crippen molar-refractivity contribution in [3.8, 4) is 23.3 Å². The topological polar surface area (TPSA) is 68.5 Å². The maximum absolute atomic E-state index is 12.0. The third-order valence-corrected chi connectivity index (χ3v) is 3.37. The van der Waals surface area contributed by atoms with Gasteiger partial charge in [0.05, 0.1) is 23.3 Å². The molecular weight excluding hydrogens is 330 g/mol. The summed E-state index contributed by atoms with van der Waals surface area (Å²) in [4.78, 5) is 12.0. The van der Waals surface area contributed by atoms with E-state index in [2.05, 4.69) is 0 Å². The normalized spacial score (nSPS) is 9.92. The number of halogens is 1. The second-order valence-corrected chi connectivity index (χ2v) is 5.27. The number of esters is 1. The van der Waals surface area contributed by atoms with Crippen LogP contribution in [0, 0.1) is 18.3 Å². The van der Waals surface area contributed by atoms with E-state index in [9.17, 15) is 4.79 Å². The molecule has 24 heavy (non-hydrogen) atoms. The molecule has 0 aliphatic rings. The van der Waals surface area contributed by atoms with Crippen molar-refractivity contribution in [1.82, 2.24) is 0 Å². The van der Waals surface area contributed by atoms with Crippen LogP contribution in [0.3, 0.4) is 0 Å². The van der Waals surface area contributed by atoms with E-state index in [1.165, 1.54) is 12.1 Å². The van der Waals surface area contributed by atoms with Crippen LogP contribution in [0.4, 0.5) is 0 Å². The number of benzene rings is 2. The summed E-state index contributed by atoms with van der Waals surface area (Å²) in [5.41, 5.74) is 1.23. The minimum absolute atomic E-state index is 0.0795. The molecule has 124 valence electrons. The van der Waals surface area contributed by atoms with Gasteiger partial charge in [0.1, 0.15) is 5.75 Å². The lowest BCUT2D eigenvalue weighted by Gasteiger charge is -2.13. The quantitative estimate of drug-likeness (QED) is 0.586. The number of nitriles is 1. The fourth-order valence-corrected chi connectivity index (χ4v) is 2.24. The molecule has 0 heterocycles. The third-order valence-electron chi connectivity index (χ3n) is 3.09. The fraction of sp³-hybridized carbons (Fsp3) is 0.222. The average Bonchev–Trinajstić information content (AvgIpc) is 2.57. The molecule has 0 N–H and O–H groups in total. The summed E-state index contributed by atoms with van der Waals surface area (Å²) < 4.78 is 16.1. The highest BCUT2D eigenvalue weighted by Gasteiger charge is 2.17. The lowest BCUT2D eigenvalue weighted by Crippen LogP contribution is -2.18. The van der Waals surface area contributed by atoms with Crippen molar-refractivity contribution in [1.29, 1.82) is 5.26 Å². The molecular formula is C18H16ClNO4. The van der Waals surface area contributed by atoms with Crippen LogP contribution in [-0.2, 0) is 4.79 Å². The van der Waals surface area contributed by atoms with Crippen molar-refractivity contribution >= 4 is 17.6 Å². The maximum Gasteiger partial charge on any atom is 0.349 e. The molecule has 0 unspecified atom stereocenters. The minimum Gasteiger partial charge on any atom is -0.490 e. The van der Waals surface area contributed by atoms with Crippen molar-refractivity contribution in [3.05, 3.63) is 52.5 Å². The van der Waals surface area contributed by atoms with Gasteiger partial charge in [-0.15, -0.1) is 0 Å². The predicted octanol–water partition coefficient (Wildman–Crippen LogP) is 3.90. The van der Waals surface area contributed by atoms with Crippen LogP contribution in [0.25, 0.3) is 0 Å². The lowest BCUT2D eigenvalue weighted by atomic mass is 10.2. The van der Waals surface area contributed by atoms with Gasteiger partial charge in [0, 0.05) is 6.07 Å². The summed E-state index contributed by atoms with van der Waals surface area (Å²) in [6.45, 7) is 3.73. The highest BCUT2D eigenvalue weighted by Crippen LogP contribution is 2.36. The first-order valence-corrected chi connectivity index (χ1v) is 7.68. The van der Waals surface area contributed by atoms with Crippen LogP contribution in [0.1, 0.15) is 18.1 Å². The van der Waals surface area contributed by atoms with Gasteiger partial charge < -0.3 is 14.2 Å². The van der Waals surface area contributed by atoms with Gasteiger partial charge in [-0.25, -0.2) is 4.79 Å². The molecule has 0 bridgehead atoms. The zero-order valence-electron chi connectivity index (χ0n) is 13.3. The number of nitrogens with zero attached hydrogens (tertiary/aromatic N) is 1. The van der Waals surface area contributed by atoms with Crippen molar-refractivity contribution in [2.24, 2.45) is 0 Å². The molecule has 0 saturated carbocycles. The molecule has 0 aliphatic heterocycles. The van der Waals surface area contributed by atoms with Crippen molar-refractivity contribution in [2.45, 2.75) is 13.8 Å². The van der Waals surface area contributed by atoms with E-state index in [0.717, 1.165) is 5.56 Å². The summed E-state index contributed by atoms with van der Waals surface area (Å²) in [5.74, 6) is 0.304. The second-order valence-electron chi connectivity index (χ2n) is 4.86. The number of aryl methyl sites for hydroxylation is 1. The van der Waals surface area contributed by atoms with Gasteiger partial charge in [0.25, 0.3) is 0 Å². The van der Waals surface area contributed by atoms with E-state index in [1.54, 1.807) is 13.0 Å². The minimum atomic E-state index is -0.620. The Morgan fingerprint density at radius 3 is 2.62 bits per heavy atom. The Morgan fingerprint density at radius 2 is 1.96 bits per heavy atom. The zero-order valence-corrected chi connectivity index (χ0v) is 14.1. The molecule has 0 aliphatic carbocycles. The molecule has 0 saturated heterocycles. The van der Waals surface area contributed by atoms with Crippen molar-refractivity contribution < 1.29 is 19.0 Å². The Kier molecular flexibility index (Phi) is 6.05. The molecule has 0 amide bonds. The van der Waals surface area contributed by atoms with Crippen molar-refractivity contribution in [3.63, 3.8) is 0 Å². The Bertz CT molecular complexity index is 783. The van der Waals surface area contributed by atoms with E-state index >= 15 is 0 Å². The lowest BCUT2D eigenvalue weighted by molar-refractivity contribution is -0.136. The van der Waals surface area contributed by atoms with Crippen LogP contribution < -0.4 is 14.2 Å². The standard InChI is InChI=1S/C18H16ClNO4/c1-3-22-16-9-13(10-20)8-14(19)18(16)24-17(21)11-23-15-7-5-4-6-12(15)2/h4-9H,3,11H2,1-2H3. The number of carbonyl (C=O) groups is 1. The molecule has 0 spiro atoms. The molecule has 6 heteroatoms. The molecule has 0 radical (unpaired) electrons. The first-order valence-electron chi connectivity index (χ1n) is 7.30. The Labute approximate surface area is 145 Å². The molecule has 2 aromatic carbocycles.